The zero-order valence-electron chi connectivity index (χ0n) is 9.30. The van der Waals surface area contributed by atoms with Crippen LogP contribution >= 0.6 is 34.8 Å². The lowest BCUT2D eigenvalue weighted by Gasteiger charge is -2.13. The molecule has 0 atom stereocenters. The standard InChI is InChI=1S/C9H18BCl3O3/c11-4-1-7-14-10(15-8-2-5-12)16-9-3-6-13/h1-9H2. The Bertz CT molecular complexity index is 119. The predicted molar refractivity (Wildman–Crippen MR) is 69.6 cm³/mol. The first-order valence-corrected chi connectivity index (χ1v) is 6.98. The van der Waals surface area contributed by atoms with Gasteiger partial charge in [0.1, 0.15) is 0 Å². The fraction of sp³-hybridized carbons (Fsp3) is 1.00. The topological polar surface area (TPSA) is 27.7 Å². The fourth-order valence-electron chi connectivity index (χ4n) is 0.847. The van der Waals surface area contributed by atoms with Crippen molar-refractivity contribution in [1.29, 1.82) is 0 Å². The van der Waals surface area contributed by atoms with E-state index in [0.717, 1.165) is 19.3 Å². The molecule has 0 heterocycles. The third-order valence-corrected chi connectivity index (χ3v) is 2.40. The van der Waals surface area contributed by atoms with Gasteiger partial charge in [-0.2, -0.15) is 0 Å². The molecule has 0 rings (SSSR count). The van der Waals surface area contributed by atoms with Crippen LogP contribution in [0.2, 0.25) is 0 Å². The van der Waals surface area contributed by atoms with E-state index in [2.05, 4.69) is 0 Å². The Morgan fingerprint density at radius 3 is 1.19 bits per heavy atom. The molecule has 0 saturated heterocycles. The van der Waals surface area contributed by atoms with E-state index in [1.165, 1.54) is 0 Å². The van der Waals surface area contributed by atoms with E-state index < -0.39 is 7.32 Å². The first kappa shape index (κ1) is 16.8. The molecular formula is C9H18BCl3O3. The van der Waals surface area contributed by atoms with Crippen LogP contribution in [0.5, 0.6) is 0 Å². The van der Waals surface area contributed by atoms with E-state index in [9.17, 15) is 0 Å². The van der Waals surface area contributed by atoms with Crippen LogP contribution in [0.3, 0.4) is 0 Å². The average molecular weight is 291 g/mol. The van der Waals surface area contributed by atoms with Crippen molar-refractivity contribution < 1.29 is 14.0 Å². The molecule has 0 N–H and O–H groups in total. The van der Waals surface area contributed by atoms with E-state index in [1.807, 2.05) is 0 Å². The molecule has 96 valence electrons. The summed E-state index contributed by atoms with van der Waals surface area (Å²) in [7, 11) is -0.630. The molecule has 0 radical (unpaired) electrons. The average Bonchev–Trinajstić information content (AvgIpc) is 2.29. The van der Waals surface area contributed by atoms with Gasteiger partial charge in [0, 0.05) is 37.5 Å². The molecule has 3 nitrogen and oxygen atoms in total. The third kappa shape index (κ3) is 11.3. The third-order valence-electron chi connectivity index (χ3n) is 1.60. The van der Waals surface area contributed by atoms with E-state index >= 15 is 0 Å². The molecule has 0 aliphatic carbocycles. The monoisotopic (exact) mass is 290 g/mol. The highest BCUT2D eigenvalue weighted by molar-refractivity contribution is 6.36. The molecule has 0 amide bonds. The lowest BCUT2D eigenvalue weighted by molar-refractivity contribution is 0.0939. The smallest absolute Gasteiger partial charge is 0.386 e. The normalized spacial score (nSPS) is 10.7. The summed E-state index contributed by atoms with van der Waals surface area (Å²) in [6.07, 6.45) is 2.32. The summed E-state index contributed by atoms with van der Waals surface area (Å²) in [5, 5.41) is 0. The molecule has 7 heteroatoms. The van der Waals surface area contributed by atoms with Crippen molar-refractivity contribution in [2.75, 3.05) is 37.5 Å². The molecule has 0 fully saturated rings. The van der Waals surface area contributed by atoms with E-state index in [-0.39, 0.29) is 0 Å². The Balaban J connectivity index is 3.58. The summed E-state index contributed by atoms with van der Waals surface area (Å²) >= 11 is 16.6. The maximum Gasteiger partial charge on any atom is 0.639 e. The van der Waals surface area contributed by atoms with Gasteiger partial charge in [-0.3, -0.25) is 0 Å². The van der Waals surface area contributed by atoms with Gasteiger partial charge in [0.2, 0.25) is 0 Å². The zero-order valence-corrected chi connectivity index (χ0v) is 11.6. The van der Waals surface area contributed by atoms with Crippen LogP contribution in [0.25, 0.3) is 0 Å². The molecule has 0 aromatic rings. The minimum absolute atomic E-state index is 0.524. The number of halogens is 3. The number of hydrogen-bond acceptors (Lipinski definition) is 3. The first-order chi connectivity index (χ1) is 7.85. The van der Waals surface area contributed by atoms with Crippen molar-refractivity contribution in [3.05, 3.63) is 0 Å². The van der Waals surface area contributed by atoms with Gasteiger partial charge in [-0.05, 0) is 19.3 Å². The Labute approximate surface area is 113 Å². The highest BCUT2D eigenvalue weighted by Gasteiger charge is 2.20. The summed E-state index contributed by atoms with van der Waals surface area (Å²) in [6, 6.07) is 0. The summed E-state index contributed by atoms with van der Waals surface area (Å²) in [5.41, 5.74) is 0. The van der Waals surface area contributed by atoms with Crippen molar-refractivity contribution in [2.45, 2.75) is 19.3 Å². The van der Waals surface area contributed by atoms with Gasteiger partial charge in [-0.1, -0.05) is 0 Å². The maximum absolute atomic E-state index is 5.54. The van der Waals surface area contributed by atoms with E-state index in [1.54, 1.807) is 0 Å². The summed E-state index contributed by atoms with van der Waals surface area (Å²) in [6.45, 7) is 1.57. The second-order valence-corrected chi connectivity index (χ2v) is 4.16. The molecule has 0 aromatic carbocycles. The second kappa shape index (κ2) is 13.9. The molecular weight excluding hydrogens is 273 g/mol. The van der Waals surface area contributed by atoms with Gasteiger partial charge in [0.05, 0.1) is 0 Å². The minimum atomic E-state index is -0.630. The Kier molecular flexibility index (Phi) is 14.6. The van der Waals surface area contributed by atoms with Gasteiger partial charge < -0.3 is 14.0 Å². The van der Waals surface area contributed by atoms with E-state index in [4.69, 9.17) is 48.8 Å². The van der Waals surface area contributed by atoms with Crippen LogP contribution in [-0.4, -0.2) is 44.8 Å². The number of alkyl halides is 3. The maximum atomic E-state index is 5.54. The fourth-order valence-corrected chi connectivity index (χ4v) is 1.17. The highest BCUT2D eigenvalue weighted by Crippen LogP contribution is 1.99. The Morgan fingerprint density at radius 1 is 0.625 bits per heavy atom. The van der Waals surface area contributed by atoms with Crippen LogP contribution in [0.4, 0.5) is 0 Å². The van der Waals surface area contributed by atoms with Crippen molar-refractivity contribution in [2.24, 2.45) is 0 Å². The number of hydrogen-bond donors (Lipinski definition) is 0. The second-order valence-electron chi connectivity index (χ2n) is 3.03. The molecule has 0 saturated carbocycles. The molecule has 0 unspecified atom stereocenters. The van der Waals surface area contributed by atoms with Gasteiger partial charge in [-0.15, -0.1) is 34.8 Å². The lowest BCUT2D eigenvalue weighted by atomic mass is 10.2. The predicted octanol–water partition coefficient (Wildman–Crippen LogP) is 2.91. The van der Waals surface area contributed by atoms with Gasteiger partial charge >= 0.3 is 7.32 Å². The quantitative estimate of drug-likeness (QED) is 0.314. The van der Waals surface area contributed by atoms with Gasteiger partial charge in [-0.25, -0.2) is 0 Å². The SMILES string of the molecule is ClCCCOB(OCCCCl)OCCCCl. The lowest BCUT2D eigenvalue weighted by Crippen LogP contribution is -2.29. The molecule has 0 aliphatic rings. The first-order valence-electron chi connectivity index (χ1n) is 5.37. The van der Waals surface area contributed by atoms with Gasteiger partial charge in [0.15, 0.2) is 0 Å². The Morgan fingerprint density at radius 2 is 0.938 bits per heavy atom. The summed E-state index contributed by atoms with van der Waals surface area (Å²) in [4.78, 5) is 0. The van der Waals surface area contributed by atoms with Crippen LogP contribution in [0, 0.1) is 0 Å². The highest BCUT2D eigenvalue weighted by atomic mass is 35.5. The molecule has 0 aromatic heterocycles. The summed E-state index contributed by atoms with van der Waals surface area (Å²) in [5.74, 6) is 1.70. The van der Waals surface area contributed by atoms with E-state index in [0.29, 0.717) is 37.5 Å². The molecule has 0 aliphatic heterocycles. The molecule has 0 spiro atoms. The van der Waals surface area contributed by atoms with Crippen LogP contribution in [-0.2, 0) is 14.0 Å². The zero-order chi connectivity index (χ0) is 12.1. The van der Waals surface area contributed by atoms with Crippen LogP contribution in [0.15, 0.2) is 0 Å². The van der Waals surface area contributed by atoms with Crippen molar-refractivity contribution in [3.8, 4) is 0 Å². The van der Waals surface area contributed by atoms with Crippen molar-refractivity contribution in [3.63, 3.8) is 0 Å². The van der Waals surface area contributed by atoms with Crippen molar-refractivity contribution >= 4 is 42.1 Å². The minimum Gasteiger partial charge on any atom is -0.386 e. The van der Waals surface area contributed by atoms with Crippen LogP contribution < -0.4 is 0 Å². The largest absolute Gasteiger partial charge is 0.639 e. The molecule has 0 bridgehead atoms. The van der Waals surface area contributed by atoms with Crippen molar-refractivity contribution in [1.82, 2.24) is 0 Å². The number of rotatable bonds is 12. The van der Waals surface area contributed by atoms with Crippen LogP contribution in [0.1, 0.15) is 19.3 Å². The molecule has 16 heavy (non-hydrogen) atoms. The summed E-state index contributed by atoms with van der Waals surface area (Å²) < 4.78 is 16.1. The van der Waals surface area contributed by atoms with Gasteiger partial charge in [0.25, 0.3) is 0 Å². The Hall–Kier alpha value is 0.815.